The number of rotatable bonds is 3. The number of likely N-dealkylation sites (tertiary alicyclic amines) is 1. The van der Waals surface area contributed by atoms with Crippen LogP contribution in [0.15, 0.2) is 24.3 Å². The summed E-state index contributed by atoms with van der Waals surface area (Å²) in [4.78, 5) is 19.6. The Morgan fingerprint density at radius 2 is 1.67 bits per heavy atom. The molecule has 0 bridgehead atoms. The molecule has 5 heteroatoms. The predicted octanol–water partition coefficient (Wildman–Crippen LogP) is 0.725. The lowest BCUT2D eigenvalue weighted by Gasteiger charge is -2.32. The Morgan fingerprint density at radius 1 is 1.04 bits per heavy atom. The molecule has 5 nitrogen and oxygen atoms in total. The number of benzene rings is 1. The second-order valence-electron chi connectivity index (χ2n) is 7.66. The fraction of sp³-hybridized carbons (Fsp3) is 0.632. The number of piperazine rings is 1. The van der Waals surface area contributed by atoms with Gasteiger partial charge in [-0.2, -0.15) is 0 Å². The summed E-state index contributed by atoms with van der Waals surface area (Å²) in [5, 5.41) is 3.43. The first kappa shape index (κ1) is 16.1. The summed E-state index contributed by atoms with van der Waals surface area (Å²) in [6.45, 7) is 9.49. The maximum atomic E-state index is 12.7. The average molecular weight is 328 g/mol. The molecule has 0 unspecified atom stereocenters. The van der Waals surface area contributed by atoms with Crippen molar-refractivity contribution in [2.75, 3.05) is 59.4 Å². The molecule has 3 fully saturated rings. The molecule has 1 aromatic rings. The van der Waals surface area contributed by atoms with E-state index in [0.29, 0.717) is 11.8 Å². The highest BCUT2D eigenvalue weighted by molar-refractivity contribution is 5.94. The van der Waals surface area contributed by atoms with Gasteiger partial charge < -0.3 is 15.1 Å². The normalized spacial score (nSPS) is 28.3. The van der Waals surface area contributed by atoms with Gasteiger partial charge in [-0.25, -0.2) is 0 Å². The summed E-state index contributed by atoms with van der Waals surface area (Å²) in [7, 11) is 2.18. The minimum Gasteiger partial charge on any atom is -0.338 e. The molecule has 0 spiro atoms. The van der Waals surface area contributed by atoms with Crippen molar-refractivity contribution in [3.63, 3.8) is 0 Å². The van der Waals surface area contributed by atoms with Crippen molar-refractivity contribution in [3.8, 4) is 0 Å². The monoisotopic (exact) mass is 328 g/mol. The molecule has 1 aromatic carbocycles. The number of hydrogen-bond acceptors (Lipinski definition) is 4. The van der Waals surface area contributed by atoms with Crippen LogP contribution in [0.2, 0.25) is 0 Å². The van der Waals surface area contributed by atoms with Crippen molar-refractivity contribution in [2.45, 2.75) is 6.54 Å². The molecule has 1 N–H and O–H groups in total. The fourth-order valence-corrected chi connectivity index (χ4v) is 4.22. The van der Waals surface area contributed by atoms with Crippen molar-refractivity contribution < 1.29 is 4.79 Å². The Labute approximate surface area is 144 Å². The van der Waals surface area contributed by atoms with Gasteiger partial charge in [0.25, 0.3) is 5.91 Å². The second kappa shape index (κ2) is 6.82. The molecule has 3 aliphatic heterocycles. The molecular weight excluding hydrogens is 300 g/mol. The highest BCUT2D eigenvalue weighted by Gasteiger charge is 2.38. The van der Waals surface area contributed by atoms with Crippen LogP contribution in [0.5, 0.6) is 0 Å². The van der Waals surface area contributed by atoms with E-state index in [1.54, 1.807) is 0 Å². The maximum absolute atomic E-state index is 12.7. The number of nitrogens with one attached hydrogen (secondary N) is 1. The van der Waals surface area contributed by atoms with E-state index in [2.05, 4.69) is 34.3 Å². The molecule has 3 saturated heterocycles. The minimum absolute atomic E-state index is 0.204. The van der Waals surface area contributed by atoms with E-state index >= 15 is 0 Å². The third-order valence-electron chi connectivity index (χ3n) is 5.88. The molecule has 1 amide bonds. The van der Waals surface area contributed by atoms with Gasteiger partial charge in [-0.15, -0.1) is 0 Å². The topological polar surface area (TPSA) is 38.8 Å². The number of fused-ring (bicyclic) bond motifs is 1. The zero-order chi connectivity index (χ0) is 16.5. The third-order valence-corrected chi connectivity index (χ3v) is 5.88. The zero-order valence-corrected chi connectivity index (χ0v) is 14.6. The molecule has 0 saturated carbocycles. The van der Waals surface area contributed by atoms with Crippen LogP contribution in [0, 0.1) is 11.8 Å². The Kier molecular flexibility index (Phi) is 4.57. The van der Waals surface area contributed by atoms with E-state index in [0.717, 1.165) is 64.5 Å². The van der Waals surface area contributed by atoms with E-state index in [9.17, 15) is 4.79 Å². The van der Waals surface area contributed by atoms with Crippen LogP contribution in [0.3, 0.4) is 0 Å². The average Bonchev–Trinajstić information content (AvgIpc) is 3.19. The maximum Gasteiger partial charge on any atom is 0.253 e. The van der Waals surface area contributed by atoms with Crippen molar-refractivity contribution in [3.05, 3.63) is 35.4 Å². The van der Waals surface area contributed by atoms with Gasteiger partial charge in [0.05, 0.1) is 0 Å². The Hall–Kier alpha value is -1.43. The summed E-state index contributed by atoms with van der Waals surface area (Å²) < 4.78 is 0. The molecule has 0 aliphatic carbocycles. The SMILES string of the molecule is CN1CCN(Cc2ccc(C(=O)N3C[C@H]4CNC[C@H]4C3)cc2)CC1. The first-order chi connectivity index (χ1) is 11.7. The first-order valence-electron chi connectivity index (χ1n) is 9.19. The van der Waals surface area contributed by atoms with Gasteiger partial charge in [-0.3, -0.25) is 9.69 Å². The van der Waals surface area contributed by atoms with Crippen LogP contribution in [0.4, 0.5) is 0 Å². The summed E-state index contributed by atoms with van der Waals surface area (Å²) in [6.07, 6.45) is 0. The van der Waals surface area contributed by atoms with Gasteiger partial charge in [-0.1, -0.05) is 12.1 Å². The van der Waals surface area contributed by atoms with Crippen LogP contribution >= 0.6 is 0 Å². The summed E-state index contributed by atoms with van der Waals surface area (Å²) in [5.74, 6) is 1.52. The zero-order valence-electron chi connectivity index (χ0n) is 14.6. The third kappa shape index (κ3) is 3.34. The standard InChI is InChI=1S/C19H28N4O/c1-21-6-8-22(9-7-21)12-15-2-4-16(5-3-15)19(24)23-13-17-10-20-11-18(17)14-23/h2-5,17-18,20H,6-14H2,1H3/t17-,18+. The Balaban J connectivity index is 1.34. The van der Waals surface area contributed by atoms with Gasteiger partial charge in [0.1, 0.15) is 0 Å². The molecule has 0 aromatic heterocycles. The molecule has 3 heterocycles. The fourth-order valence-electron chi connectivity index (χ4n) is 4.22. The number of hydrogen-bond donors (Lipinski definition) is 1. The van der Waals surface area contributed by atoms with Crippen LogP contribution in [-0.4, -0.2) is 80.0 Å². The highest BCUT2D eigenvalue weighted by Crippen LogP contribution is 2.27. The van der Waals surface area contributed by atoms with Crippen molar-refractivity contribution in [1.29, 1.82) is 0 Å². The lowest BCUT2D eigenvalue weighted by atomic mass is 10.0. The minimum atomic E-state index is 0.204. The number of carbonyl (C=O) groups excluding carboxylic acids is 1. The number of likely N-dealkylation sites (N-methyl/N-ethyl adjacent to an activating group) is 1. The van der Waals surface area contributed by atoms with Gasteiger partial charge in [-0.05, 0) is 36.6 Å². The lowest BCUT2D eigenvalue weighted by molar-refractivity contribution is 0.0781. The van der Waals surface area contributed by atoms with E-state index in [1.165, 1.54) is 5.56 Å². The molecular formula is C19H28N4O. The van der Waals surface area contributed by atoms with E-state index in [4.69, 9.17) is 0 Å². The second-order valence-corrected chi connectivity index (χ2v) is 7.66. The van der Waals surface area contributed by atoms with Crippen molar-refractivity contribution in [1.82, 2.24) is 20.0 Å². The van der Waals surface area contributed by atoms with E-state index in [1.807, 2.05) is 17.0 Å². The highest BCUT2D eigenvalue weighted by atomic mass is 16.2. The molecule has 4 rings (SSSR count). The largest absolute Gasteiger partial charge is 0.338 e. The summed E-state index contributed by atoms with van der Waals surface area (Å²) in [5.41, 5.74) is 2.14. The summed E-state index contributed by atoms with van der Waals surface area (Å²) in [6, 6.07) is 8.29. The number of carbonyl (C=O) groups is 1. The van der Waals surface area contributed by atoms with E-state index < -0.39 is 0 Å². The Morgan fingerprint density at radius 3 is 2.29 bits per heavy atom. The first-order valence-corrected chi connectivity index (χ1v) is 9.19. The number of nitrogens with zero attached hydrogens (tertiary/aromatic N) is 3. The van der Waals surface area contributed by atoms with Gasteiger partial charge >= 0.3 is 0 Å². The van der Waals surface area contributed by atoms with Crippen LogP contribution in [-0.2, 0) is 6.54 Å². The quantitative estimate of drug-likeness (QED) is 0.888. The molecule has 3 aliphatic rings. The van der Waals surface area contributed by atoms with Crippen molar-refractivity contribution in [2.24, 2.45) is 11.8 Å². The number of amides is 1. The van der Waals surface area contributed by atoms with Crippen LogP contribution < -0.4 is 5.32 Å². The lowest BCUT2D eigenvalue weighted by Crippen LogP contribution is -2.43. The van der Waals surface area contributed by atoms with Crippen LogP contribution in [0.1, 0.15) is 15.9 Å². The smallest absolute Gasteiger partial charge is 0.253 e. The summed E-state index contributed by atoms with van der Waals surface area (Å²) >= 11 is 0. The molecule has 130 valence electrons. The van der Waals surface area contributed by atoms with Crippen LogP contribution in [0.25, 0.3) is 0 Å². The predicted molar refractivity (Wildman–Crippen MR) is 95.0 cm³/mol. The van der Waals surface area contributed by atoms with E-state index in [-0.39, 0.29) is 5.91 Å². The molecule has 0 radical (unpaired) electrons. The Bertz CT molecular complexity index is 568. The van der Waals surface area contributed by atoms with Gasteiger partial charge in [0.15, 0.2) is 0 Å². The van der Waals surface area contributed by atoms with Gasteiger partial charge in [0, 0.05) is 64.5 Å². The molecule has 24 heavy (non-hydrogen) atoms. The van der Waals surface area contributed by atoms with Crippen molar-refractivity contribution >= 4 is 5.91 Å². The molecule has 2 atom stereocenters. The van der Waals surface area contributed by atoms with Gasteiger partial charge in [0.2, 0.25) is 0 Å².